The van der Waals surface area contributed by atoms with Crippen LogP contribution in [0.1, 0.15) is 34.5 Å². The van der Waals surface area contributed by atoms with Crippen molar-refractivity contribution >= 4 is 11.9 Å². The molecule has 2 aromatic rings. The summed E-state index contributed by atoms with van der Waals surface area (Å²) in [5, 5.41) is 2.73. The van der Waals surface area contributed by atoms with Gasteiger partial charge in [0.15, 0.2) is 6.61 Å². The summed E-state index contributed by atoms with van der Waals surface area (Å²) in [6, 6.07) is 13.3. The summed E-state index contributed by atoms with van der Waals surface area (Å²) in [7, 11) is 0. The van der Waals surface area contributed by atoms with Crippen LogP contribution >= 0.6 is 0 Å². The van der Waals surface area contributed by atoms with Crippen LogP contribution in [0, 0.1) is 12.7 Å². The largest absolute Gasteiger partial charge is 0.452 e. The molecule has 0 radical (unpaired) electrons. The Morgan fingerprint density at radius 3 is 2.52 bits per heavy atom. The third-order valence-corrected chi connectivity index (χ3v) is 3.42. The van der Waals surface area contributed by atoms with E-state index in [0.717, 1.165) is 11.6 Å². The van der Waals surface area contributed by atoms with Crippen molar-refractivity contribution in [2.45, 2.75) is 19.9 Å². The van der Waals surface area contributed by atoms with Gasteiger partial charge in [-0.3, -0.25) is 4.79 Å². The first-order chi connectivity index (χ1) is 11.0. The van der Waals surface area contributed by atoms with Gasteiger partial charge >= 0.3 is 5.97 Å². The molecule has 0 aliphatic rings. The second-order valence-electron chi connectivity index (χ2n) is 5.24. The Labute approximate surface area is 134 Å². The molecule has 2 rings (SSSR count). The zero-order valence-electron chi connectivity index (χ0n) is 13.0. The first-order valence-corrected chi connectivity index (χ1v) is 7.25. The van der Waals surface area contributed by atoms with Gasteiger partial charge in [-0.15, -0.1) is 0 Å². The SMILES string of the molecule is Cc1ccc(C(=O)OCC(=O)NC(C)c2ccccc2)cc1F. The van der Waals surface area contributed by atoms with E-state index in [4.69, 9.17) is 4.74 Å². The number of amides is 1. The van der Waals surface area contributed by atoms with Gasteiger partial charge in [-0.05, 0) is 37.1 Å². The zero-order valence-corrected chi connectivity index (χ0v) is 13.0. The minimum atomic E-state index is -0.730. The summed E-state index contributed by atoms with van der Waals surface area (Å²) in [4.78, 5) is 23.6. The van der Waals surface area contributed by atoms with E-state index in [-0.39, 0.29) is 11.6 Å². The van der Waals surface area contributed by atoms with Crippen molar-refractivity contribution in [3.8, 4) is 0 Å². The molecule has 120 valence electrons. The summed E-state index contributed by atoms with van der Waals surface area (Å²) in [5.41, 5.74) is 1.47. The first kappa shape index (κ1) is 16.7. The van der Waals surface area contributed by atoms with E-state index in [0.29, 0.717) is 5.56 Å². The third kappa shape index (κ3) is 4.64. The minimum absolute atomic E-state index is 0.0806. The van der Waals surface area contributed by atoms with E-state index < -0.39 is 24.3 Å². The van der Waals surface area contributed by atoms with E-state index >= 15 is 0 Å². The number of halogens is 1. The van der Waals surface area contributed by atoms with Crippen molar-refractivity contribution in [3.05, 3.63) is 71.0 Å². The van der Waals surface area contributed by atoms with Crippen LogP contribution in [0.25, 0.3) is 0 Å². The second-order valence-corrected chi connectivity index (χ2v) is 5.24. The maximum Gasteiger partial charge on any atom is 0.338 e. The molecule has 0 saturated heterocycles. The lowest BCUT2D eigenvalue weighted by atomic mass is 10.1. The fraction of sp³-hybridized carbons (Fsp3) is 0.222. The van der Waals surface area contributed by atoms with Gasteiger partial charge in [0.05, 0.1) is 11.6 Å². The van der Waals surface area contributed by atoms with Gasteiger partial charge in [0.2, 0.25) is 0 Å². The molecule has 1 amide bonds. The van der Waals surface area contributed by atoms with Crippen LogP contribution in [0.15, 0.2) is 48.5 Å². The van der Waals surface area contributed by atoms with Crippen LogP contribution in [-0.2, 0) is 9.53 Å². The maximum absolute atomic E-state index is 13.4. The van der Waals surface area contributed by atoms with Crippen LogP contribution < -0.4 is 5.32 Å². The van der Waals surface area contributed by atoms with Gasteiger partial charge in [0, 0.05) is 0 Å². The Hall–Kier alpha value is -2.69. The number of carbonyl (C=O) groups excluding carboxylic acids is 2. The first-order valence-electron chi connectivity index (χ1n) is 7.25. The number of ether oxygens (including phenoxy) is 1. The molecule has 0 fully saturated rings. The Balaban J connectivity index is 1.86. The highest BCUT2D eigenvalue weighted by Gasteiger charge is 2.14. The third-order valence-electron chi connectivity index (χ3n) is 3.42. The van der Waals surface area contributed by atoms with Crippen molar-refractivity contribution in [1.82, 2.24) is 5.32 Å². The molecule has 0 bridgehead atoms. The molecule has 0 aliphatic heterocycles. The van der Waals surface area contributed by atoms with Crippen molar-refractivity contribution in [2.75, 3.05) is 6.61 Å². The number of benzene rings is 2. The molecule has 0 aliphatic carbocycles. The Morgan fingerprint density at radius 2 is 1.87 bits per heavy atom. The highest BCUT2D eigenvalue weighted by atomic mass is 19.1. The Kier molecular flexibility index (Phi) is 5.46. The average Bonchev–Trinajstić information content (AvgIpc) is 2.56. The molecule has 1 N–H and O–H groups in total. The van der Waals surface area contributed by atoms with Crippen LogP contribution in [0.5, 0.6) is 0 Å². The Bertz CT molecular complexity index is 701. The number of aryl methyl sites for hydroxylation is 1. The molecular formula is C18H18FNO3. The lowest BCUT2D eigenvalue weighted by Gasteiger charge is -2.14. The summed E-state index contributed by atoms with van der Waals surface area (Å²) in [5.74, 6) is -1.63. The van der Waals surface area contributed by atoms with Crippen LogP contribution in [0.3, 0.4) is 0 Å². The molecular weight excluding hydrogens is 297 g/mol. The number of nitrogens with one attached hydrogen (secondary N) is 1. The highest BCUT2D eigenvalue weighted by molar-refractivity contribution is 5.91. The van der Waals surface area contributed by atoms with Crippen molar-refractivity contribution < 1.29 is 18.7 Å². The molecule has 0 spiro atoms. The summed E-state index contributed by atoms with van der Waals surface area (Å²) in [6.45, 7) is 3.03. The standard InChI is InChI=1S/C18H18FNO3/c1-12-8-9-15(10-16(12)19)18(22)23-11-17(21)20-13(2)14-6-4-3-5-7-14/h3-10,13H,11H2,1-2H3,(H,20,21). The smallest absolute Gasteiger partial charge is 0.338 e. The highest BCUT2D eigenvalue weighted by Crippen LogP contribution is 2.12. The summed E-state index contributed by atoms with van der Waals surface area (Å²) < 4.78 is 18.3. The van der Waals surface area contributed by atoms with Gasteiger partial charge in [-0.2, -0.15) is 0 Å². The molecule has 1 unspecified atom stereocenters. The number of carbonyl (C=O) groups is 2. The monoisotopic (exact) mass is 315 g/mol. The molecule has 4 nitrogen and oxygen atoms in total. The lowest BCUT2D eigenvalue weighted by Crippen LogP contribution is -2.31. The normalized spacial score (nSPS) is 11.6. The molecule has 2 aromatic carbocycles. The molecule has 23 heavy (non-hydrogen) atoms. The predicted octanol–water partition coefficient (Wildman–Crippen LogP) is 3.17. The topological polar surface area (TPSA) is 55.4 Å². The van der Waals surface area contributed by atoms with Crippen LogP contribution in [0.4, 0.5) is 4.39 Å². The Morgan fingerprint density at radius 1 is 1.17 bits per heavy atom. The number of hydrogen-bond acceptors (Lipinski definition) is 3. The van der Waals surface area contributed by atoms with Gasteiger partial charge in [0.1, 0.15) is 5.82 Å². The molecule has 5 heteroatoms. The van der Waals surface area contributed by atoms with Gasteiger partial charge < -0.3 is 10.1 Å². The van der Waals surface area contributed by atoms with Gasteiger partial charge in [0.25, 0.3) is 5.91 Å². The maximum atomic E-state index is 13.4. The lowest BCUT2D eigenvalue weighted by molar-refractivity contribution is -0.124. The van der Waals surface area contributed by atoms with Crippen LogP contribution in [0.2, 0.25) is 0 Å². The molecule has 0 aromatic heterocycles. The number of rotatable bonds is 5. The number of esters is 1. The minimum Gasteiger partial charge on any atom is -0.452 e. The molecule has 0 heterocycles. The quantitative estimate of drug-likeness (QED) is 0.862. The average molecular weight is 315 g/mol. The summed E-state index contributed by atoms with van der Waals surface area (Å²) >= 11 is 0. The predicted molar refractivity (Wildman–Crippen MR) is 84.4 cm³/mol. The second kappa shape index (κ2) is 7.54. The van der Waals surface area contributed by atoms with Gasteiger partial charge in [-0.25, -0.2) is 9.18 Å². The van der Waals surface area contributed by atoms with E-state index in [1.165, 1.54) is 12.1 Å². The fourth-order valence-corrected chi connectivity index (χ4v) is 2.04. The van der Waals surface area contributed by atoms with Crippen molar-refractivity contribution in [1.29, 1.82) is 0 Å². The van der Waals surface area contributed by atoms with E-state index in [9.17, 15) is 14.0 Å². The van der Waals surface area contributed by atoms with E-state index in [2.05, 4.69) is 5.32 Å². The van der Waals surface area contributed by atoms with Crippen molar-refractivity contribution in [2.24, 2.45) is 0 Å². The van der Waals surface area contributed by atoms with E-state index in [1.54, 1.807) is 6.92 Å². The fourth-order valence-electron chi connectivity index (χ4n) is 2.04. The number of hydrogen-bond donors (Lipinski definition) is 1. The van der Waals surface area contributed by atoms with Crippen LogP contribution in [-0.4, -0.2) is 18.5 Å². The summed E-state index contributed by atoms with van der Waals surface area (Å²) in [6.07, 6.45) is 0. The van der Waals surface area contributed by atoms with Crippen molar-refractivity contribution in [3.63, 3.8) is 0 Å². The zero-order chi connectivity index (χ0) is 16.8. The molecule has 1 atom stereocenters. The molecule has 0 saturated carbocycles. The van der Waals surface area contributed by atoms with Gasteiger partial charge in [-0.1, -0.05) is 36.4 Å². The van der Waals surface area contributed by atoms with E-state index in [1.807, 2.05) is 37.3 Å².